The number of nitrogens with zero attached hydrogens (tertiary/aromatic N) is 1. The fraction of sp³-hybridized carbons (Fsp3) is 0.368. The lowest BCUT2D eigenvalue weighted by Gasteiger charge is -2.31. The largest absolute Gasteiger partial charge is 0.431 e. The summed E-state index contributed by atoms with van der Waals surface area (Å²) in [4.78, 5) is 2.03. The molecule has 32 heavy (non-hydrogen) atoms. The first-order valence-electron chi connectivity index (χ1n) is 9.28. The van der Waals surface area contributed by atoms with Gasteiger partial charge in [0.25, 0.3) is 10.0 Å². The van der Waals surface area contributed by atoms with Crippen LogP contribution in [-0.2, 0) is 10.0 Å². The first kappa shape index (κ1) is 25.8. The molecule has 178 valence electrons. The lowest BCUT2D eigenvalue weighted by atomic mass is 10.1. The number of aryl methyl sites for hydroxylation is 1. The highest BCUT2D eigenvalue weighted by Crippen LogP contribution is 2.34. The SMILES string of the molecule is Cc1ccc(S(=O)(=O)Nc2ccc(OC(F)F)c(OC(F)F)c2)cc1N1CCNCC1.Cl. The molecule has 0 aromatic heterocycles. The van der Waals surface area contributed by atoms with Crippen LogP contribution in [0.1, 0.15) is 5.56 Å². The summed E-state index contributed by atoms with van der Waals surface area (Å²) in [6, 6.07) is 7.52. The molecule has 0 radical (unpaired) electrons. The van der Waals surface area contributed by atoms with E-state index < -0.39 is 34.7 Å². The van der Waals surface area contributed by atoms with Crippen molar-refractivity contribution in [3.63, 3.8) is 0 Å². The molecule has 1 aliphatic rings. The predicted molar refractivity (Wildman–Crippen MR) is 114 cm³/mol. The summed E-state index contributed by atoms with van der Waals surface area (Å²) in [7, 11) is -4.10. The number of benzene rings is 2. The van der Waals surface area contributed by atoms with E-state index in [1.807, 2.05) is 6.92 Å². The fourth-order valence-electron chi connectivity index (χ4n) is 3.17. The van der Waals surface area contributed by atoms with E-state index in [-0.39, 0.29) is 23.0 Å². The standard InChI is InChI=1S/C19H21F4N3O4S.ClH/c1-12-2-4-14(11-15(12)26-8-6-24-7-9-26)31(27,28)25-13-3-5-16(29-18(20)21)17(10-13)30-19(22)23;/h2-5,10-11,18-19,24-25H,6-9H2,1H3;1H. The number of rotatable bonds is 8. The Bertz CT molecular complexity index is 1020. The summed E-state index contributed by atoms with van der Waals surface area (Å²) in [5, 5.41) is 3.22. The van der Waals surface area contributed by atoms with Crippen LogP contribution in [0.15, 0.2) is 41.3 Å². The van der Waals surface area contributed by atoms with Crippen LogP contribution in [-0.4, -0.2) is 47.8 Å². The lowest BCUT2D eigenvalue weighted by Crippen LogP contribution is -2.43. The van der Waals surface area contributed by atoms with Gasteiger partial charge >= 0.3 is 13.2 Å². The van der Waals surface area contributed by atoms with E-state index in [1.165, 1.54) is 12.1 Å². The van der Waals surface area contributed by atoms with Crippen molar-refractivity contribution in [2.45, 2.75) is 25.0 Å². The van der Waals surface area contributed by atoms with Crippen molar-refractivity contribution in [3.8, 4) is 11.5 Å². The van der Waals surface area contributed by atoms with Crippen LogP contribution in [0.4, 0.5) is 28.9 Å². The van der Waals surface area contributed by atoms with Crippen LogP contribution < -0.4 is 24.4 Å². The molecule has 7 nitrogen and oxygen atoms in total. The van der Waals surface area contributed by atoms with E-state index in [0.29, 0.717) is 0 Å². The van der Waals surface area contributed by atoms with Gasteiger partial charge in [-0.3, -0.25) is 4.72 Å². The predicted octanol–water partition coefficient (Wildman–Crippen LogP) is 3.83. The summed E-state index contributed by atoms with van der Waals surface area (Å²) >= 11 is 0. The number of piperazine rings is 1. The van der Waals surface area contributed by atoms with E-state index in [2.05, 4.69) is 24.4 Å². The maximum atomic E-state index is 12.9. The molecule has 2 N–H and O–H groups in total. The molecule has 1 fully saturated rings. The van der Waals surface area contributed by atoms with Crippen LogP contribution in [0.5, 0.6) is 11.5 Å². The van der Waals surface area contributed by atoms with Gasteiger partial charge in [0.2, 0.25) is 0 Å². The Kier molecular flexibility index (Phi) is 8.81. The van der Waals surface area contributed by atoms with Gasteiger partial charge in [-0.2, -0.15) is 17.6 Å². The Morgan fingerprint density at radius 2 is 1.59 bits per heavy atom. The quantitative estimate of drug-likeness (QED) is 0.537. The van der Waals surface area contributed by atoms with E-state index >= 15 is 0 Å². The topological polar surface area (TPSA) is 79.9 Å². The molecule has 13 heteroatoms. The molecule has 2 aromatic rings. The molecular weight excluding hydrogens is 478 g/mol. The summed E-state index contributed by atoms with van der Waals surface area (Å²) in [6.45, 7) is -1.72. The van der Waals surface area contributed by atoms with Crippen molar-refractivity contribution in [3.05, 3.63) is 42.0 Å². The molecule has 2 aromatic carbocycles. The molecule has 0 spiro atoms. The fourth-order valence-corrected chi connectivity index (χ4v) is 4.24. The Morgan fingerprint density at radius 3 is 2.22 bits per heavy atom. The van der Waals surface area contributed by atoms with Gasteiger partial charge < -0.3 is 19.7 Å². The van der Waals surface area contributed by atoms with Crippen molar-refractivity contribution >= 4 is 33.8 Å². The number of nitrogens with one attached hydrogen (secondary N) is 2. The minimum atomic E-state index is -4.10. The average molecular weight is 500 g/mol. The molecule has 0 saturated carbocycles. The highest BCUT2D eigenvalue weighted by atomic mass is 35.5. The lowest BCUT2D eigenvalue weighted by molar-refractivity contribution is -0.0691. The van der Waals surface area contributed by atoms with Gasteiger partial charge in [-0.15, -0.1) is 12.4 Å². The van der Waals surface area contributed by atoms with Gasteiger partial charge in [0.15, 0.2) is 11.5 Å². The van der Waals surface area contributed by atoms with Crippen molar-refractivity contribution in [1.29, 1.82) is 0 Å². The van der Waals surface area contributed by atoms with Crippen LogP contribution in [0.25, 0.3) is 0 Å². The molecule has 1 saturated heterocycles. The second-order valence-corrected chi connectivity index (χ2v) is 8.39. The molecule has 1 heterocycles. The second kappa shape index (κ2) is 10.9. The first-order valence-corrected chi connectivity index (χ1v) is 10.8. The van der Waals surface area contributed by atoms with Gasteiger partial charge in [-0.05, 0) is 36.8 Å². The molecule has 3 rings (SSSR count). The van der Waals surface area contributed by atoms with Crippen molar-refractivity contribution < 1.29 is 35.5 Å². The molecule has 0 bridgehead atoms. The number of hydrogen-bond donors (Lipinski definition) is 2. The maximum absolute atomic E-state index is 12.9. The Hall–Kier alpha value is -2.44. The zero-order chi connectivity index (χ0) is 22.6. The zero-order valence-electron chi connectivity index (χ0n) is 16.9. The third-order valence-corrected chi connectivity index (χ3v) is 5.96. The second-order valence-electron chi connectivity index (χ2n) is 6.71. The van der Waals surface area contributed by atoms with Crippen LogP contribution >= 0.6 is 12.4 Å². The van der Waals surface area contributed by atoms with Gasteiger partial charge in [-0.1, -0.05) is 6.07 Å². The monoisotopic (exact) mass is 499 g/mol. The molecule has 0 aliphatic carbocycles. The van der Waals surface area contributed by atoms with E-state index in [0.717, 1.165) is 55.6 Å². The number of hydrogen-bond acceptors (Lipinski definition) is 6. The maximum Gasteiger partial charge on any atom is 0.387 e. The highest BCUT2D eigenvalue weighted by Gasteiger charge is 2.21. The van der Waals surface area contributed by atoms with Gasteiger partial charge in [0.05, 0.1) is 10.6 Å². The molecular formula is C19H22ClF4N3O4S. The van der Waals surface area contributed by atoms with Crippen LogP contribution in [0.3, 0.4) is 0 Å². The first-order chi connectivity index (χ1) is 14.7. The van der Waals surface area contributed by atoms with E-state index in [1.54, 1.807) is 6.07 Å². The van der Waals surface area contributed by atoms with E-state index in [9.17, 15) is 26.0 Å². The summed E-state index contributed by atoms with van der Waals surface area (Å²) in [6.07, 6.45) is 0. The molecule has 0 amide bonds. The van der Waals surface area contributed by atoms with Crippen LogP contribution in [0.2, 0.25) is 0 Å². The summed E-state index contributed by atoms with van der Waals surface area (Å²) in [5.74, 6) is -1.37. The third kappa shape index (κ3) is 6.53. The van der Waals surface area contributed by atoms with E-state index in [4.69, 9.17) is 0 Å². The van der Waals surface area contributed by atoms with Gasteiger partial charge in [0.1, 0.15) is 0 Å². The minimum absolute atomic E-state index is 0. The molecule has 0 atom stereocenters. The zero-order valence-corrected chi connectivity index (χ0v) is 18.5. The normalized spacial score (nSPS) is 14.3. The van der Waals surface area contributed by atoms with Gasteiger partial charge in [-0.25, -0.2) is 8.42 Å². The Balaban J connectivity index is 0.00000363. The third-order valence-electron chi connectivity index (χ3n) is 4.58. The average Bonchev–Trinajstić information content (AvgIpc) is 2.70. The number of ether oxygens (including phenoxy) is 2. The van der Waals surface area contributed by atoms with Gasteiger partial charge in [0, 0.05) is 37.9 Å². The number of halogens is 5. The molecule has 0 unspecified atom stereocenters. The Morgan fingerprint density at radius 1 is 0.969 bits per heavy atom. The van der Waals surface area contributed by atoms with Crippen LogP contribution in [0, 0.1) is 6.92 Å². The minimum Gasteiger partial charge on any atom is -0.431 e. The molecule has 1 aliphatic heterocycles. The number of sulfonamides is 1. The summed E-state index contributed by atoms with van der Waals surface area (Å²) in [5.41, 5.74) is 1.52. The van der Waals surface area contributed by atoms with Crippen molar-refractivity contribution in [2.75, 3.05) is 35.8 Å². The number of alkyl halides is 4. The summed E-state index contributed by atoms with van der Waals surface area (Å²) < 4.78 is 86.5. The Labute approximate surface area is 189 Å². The number of anilines is 2. The smallest absolute Gasteiger partial charge is 0.387 e. The van der Waals surface area contributed by atoms with Crippen molar-refractivity contribution in [2.24, 2.45) is 0 Å². The highest BCUT2D eigenvalue weighted by molar-refractivity contribution is 7.92. The van der Waals surface area contributed by atoms with Crippen molar-refractivity contribution in [1.82, 2.24) is 5.32 Å².